The van der Waals surface area contributed by atoms with E-state index in [0.717, 1.165) is 25.4 Å². The fourth-order valence-corrected chi connectivity index (χ4v) is 3.05. The molecule has 0 radical (unpaired) electrons. The molecule has 2 nitrogen and oxygen atoms in total. The Morgan fingerprint density at radius 2 is 1.81 bits per heavy atom. The first kappa shape index (κ1) is 16.5. The van der Waals surface area contributed by atoms with Crippen LogP contribution in [0.1, 0.15) is 51.7 Å². The van der Waals surface area contributed by atoms with Crippen molar-refractivity contribution >= 4 is 0 Å². The van der Waals surface area contributed by atoms with Crippen molar-refractivity contribution in [3.63, 3.8) is 0 Å². The summed E-state index contributed by atoms with van der Waals surface area (Å²) < 4.78 is 0. The van der Waals surface area contributed by atoms with Crippen molar-refractivity contribution < 1.29 is 0 Å². The lowest BCUT2D eigenvalue weighted by molar-refractivity contribution is 0.160. The van der Waals surface area contributed by atoms with Crippen molar-refractivity contribution in [2.45, 2.75) is 59.0 Å². The molecule has 1 atom stereocenters. The molecule has 1 heterocycles. The van der Waals surface area contributed by atoms with Crippen LogP contribution in [0.2, 0.25) is 0 Å². The number of aryl methyl sites for hydroxylation is 1. The average molecular weight is 288 g/mol. The highest BCUT2D eigenvalue weighted by Gasteiger charge is 2.21. The predicted octanol–water partition coefficient (Wildman–Crippen LogP) is 3.85. The fraction of sp³-hybridized carbons (Fsp3) is 0.684. The summed E-state index contributed by atoms with van der Waals surface area (Å²) in [5.41, 5.74) is 3.12. The van der Waals surface area contributed by atoms with Gasteiger partial charge in [0.15, 0.2) is 0 Å². The minimum Gasteiger partial charge on any atom is -0.312 e. The van der Waals surface area contributed by atoms with Gasteiger partial charge >= 0.3 is 0 Å². The highest BCUT2D eigenvalue weighted by atomic mass is 15.1. The lowest BCUT2D eigenvalue weighted by Crippen LogP contribution is -2.44. The molecule has 2 rings (SSSR count). The summed E-state index contributed by atoms with van der Waals surface area (Å²) in [7, 11) is 0. The Labute approximate surface area is 130 Å². The van der Waals surface area contributed by atoms with Crippen molar-refractivity contribution in [3.05, 3.63) is 35.4 Å². The molecule has 1 aliphatic heterocycles. The monoisotopic (exact) mass is 288 g/mol. The van der Waals surface area contributed by atoms with Gasteiger partial charge in [0.2, 0.25) is 0 Å². The van der Waals surface area contributed by atoms with E-state index < -0.39 is 0 Å². The van der Waals surface area contributed by atoms with Gasteiger partial charge in [0.25, 0.3) is 0 Å². The number of likely N-dealkylation sites (tertiary alicyclic amines) is 1. The maximum absolute atomic E-state index is 3.66. The van der Waals surface area contributed by atoms with Gasteiger partial charge in [-0.05, 0) is 70.2 Å². The lowest BCUT2D eigenvalue weighted by Gasteiger charge is -2.34. The molecule has 0 aromatic heterocycles. The average Bonchev–Trinajstić information content (AvgIpc) is 2.46. The molecule has 1 aromatic carbocycles. The van der Waals surface area contributed by atoms with Gasteiger partial charge < -0.3 is 5.32 Å². The van der Waals surface area contributed by atoms with Crippen LogP contribution >= 0.6 is 0 Å². The zero-order valence-corrected chi connectivity index (χ0v) is 14.3. The van der Waals surface area contributed by atoms with Crippen LogP contribution < -0.4 is 5.32 Å². The van der Waals surface area contributed by atoms with Crippen LogP contribution in [0.5, 0.6) is 0 Å². The number of benzene rings is 1. The first-order chi connectivity index (χ1) is 9.96. The summed E-state index contributed by atoms with van der Waals surface area (Å²) in [6, 6.07) is 9.15. The molecule has 0 bridgehead atoms. The van der Waals surface area contributed by atoms with E-state index in [4.69, 9.17) is 0 Å². The van der Waals surface area contributed by atoms with Gasteiger partial charge in [-0.3, -0.25) is 4.90 Å². The van der Waals surface area contributed by atoms with Gasteiger partial charge in [0.05, 0.1) is 0 Å². The highest BCUT2D eigenvalue weighted by molar-refractivity contribution is 5.22. The fourth-order valence-electron chi connectivity index (χ4n) is 3.05. The van der Waals surface area contributed by atoms with Gasteiger partial charge in [-0.25, -0.2) is 0 Å². The van der Waals surface area contributed by atoms with Crippen molar-refractivity contribution in [2.75, 3.05) is 19.6 Å². The molecule has 0 saturated carbocycles. The summed E-state index contributed by atoms with van der Waals surface area (Å²) in [5.74, 6) is 0.799. The minimum atomic E-state index is 0.234. The number of rotatable bonds is 5. The normalized spacial score (nSPS) is 20.7. The van der Waals surface area contributed by atoms with Crippen LogP contribution in [0.3, 0.4) is 0 Å². The third kappa shape index (κ3) is 5.80. The Morgan fingerprint density at radius 3 is 2.43 bits per heavy atom. The quantitative estimate of drug-likeness (QED) is 0.885. The molecular formula is C19H32N2. The van der Waals surface area contributed by atoms with E-state index in [9.17, 15) is 0 Å². The zero-order chi connectivity index (χ0) is 15.3. The van der Waals surface area contributed by atoms with E-state index >= 15 is 0 Å². The van der Waals surface area contributed by atoms with E-state index in [0.29, 0.717) is 0 Å². The summed E-state index contributed by atoms with van der Waals surface area (Å²) in [4.78, 5) is 2.62. The smallest absolute Gasteiger partial charge is 0.0233 e. The summed E-state index contributed by atoms with van der Waals surface area (Å²) >= 11 is 0. The second kappa shape index (κ2) is 7.42. The molecule has 1 N–H and O–H groups in total. The number of nitrogens with one attached hydrogen (secondary N) is 1. The van der Waals surface area contributed by atoms with Crippen LogP contribution in [0, 0.1) is 5.92 Å². The molecule has 0 aliphatic carbocycles. The molecule has 1 aromatic rings. The van der Waals surface area contributed by atoms with Crippen molar-refractivity contribution in [1.29, 1.82) is 0 Å². The van der Waals surface area contributed by atoms with Crippen molar-refractivity contribution in [3.8, 4) is 0 Å². The van der Waals surface area contributed by atoms with Crippen LogP contribution in [-0.4, -0.2) is 30.1 Å². The van der Waals surface area contributed by atoms with Crippen LogP contribution in [0.15, 0.2) is 24.3 Å². The second-order valence-electron chi connectivity index (χ2n) is 7.54. The summed E-state index contributed by atoms with van der Waals surface area (Å²) in [6.45, 7) is 13.7. The Morgan fingerprint density at radius 1 is 1.14 bits per heavy atom. The van der Waals surface area contributed by atoms with E-state index in [1.54, 1.807) is 0 Å². The Kier molecular flexibility index (Phi) is 5.83. The maximum atomic E-state index is 3.66. The van der Waals surface area contributed by atoms with Crippen LogP contribution in [-0.2, 0) is 13.0 Å². The topological polar surface area (TPSA) is 15.3 Å². The molecule has 1 saturated heterocycles. The molecule has 118 valence electrons. The van der Waals surface area contributed by atoms with Crippen molar-refractivity contribution in [1.82, 2.24) is 10.2 Å². The second-order valence-corrected chi connectivity index (χ2v) is 7.54. The molecule has 0 spiro atoms. The van der Waals surface area contributed by atoms with E-state index in [1.165, 1.54) is 37.1 Å². The predicted molar refractivity (Wildman–Crippen MR) is 91.6 cm³/mol. The zero-order valence-electron chi connectivity index (χ0n) is 14.3. The van der Waals surface area contributed by atoms with E-state index in [2.05, 4.69) is 62.2 Å². The Bertz CT molecular complexity index is 416. The Hall–Kier alpha value is -0.860. The van der Waals surface area contributed by atoms with E-state index in [1.807, 2.05) is 0 Å². The molecule has 21 heavy (non-hydrogen) atoms. The molecular weight excluding hydrogens is 256 g/mol. The van der Waals surface area contributed by atoms with Crippen LogP contribution in [0.4, 0.5) is 0 Å². The molecule has 1 aliphatic rings. The third-order valence-corrected chi connectivity index (χ3v) is 4.36. The molecule has 0 amide bonds. The third-order valence-electron chi connectivity index (χ3n) is 4.36. The SMILES string of the molecule is CCc1ccc(CN2CCCC(CNC(C)(C)C)C2)cc1. The summed E-state index contributed by atoms with van der Waals surface area (Å²) in [6.07, 6.45) is 3.84. The number of hydrogen-bond donors (Lipinski definition) is 1. The summed E-state index contributed by atoms with van der Waals surface area (Å²) in [5, 5.41) is 3.66. The standard InChI is InChI=1S/C19H32N2/c1-5-16-8-10-17(11-9-16)14-21-12-6-7-18(15-21)13-20-19(2,3)4/h8-11,18,20H,5-7,12-15H2,1-4H3. The first-order valence-electron chi connectivity index (χ1n) is 8.51. The van der Waals surface area contributed by atoms with Gasteiger partial charge in [-0.15, -0.1) is 0 Å². The highest BCUT2D eigenvalue weighted by Crippen LogP contribution is 2.19. The minimum absolute atomic E-state index is 0.234. The molecule has 1 fully saturated rings. The number of piperidine rings is 1. The number of nitrogens with zero attached hydrogens (tertiary/aromatic N) is 1. The maximum Gasteiger partial charge on any atom is 0.0233 e. The largest absolute Gasteiger partial charge is 0.312 e. The van der Waals surface area contributed by atoms with Gasteiger partial charge in [-0.1, -0.05) is 31.2 Å². The molecule has 1 unspecified atom stereocenters. The van der Waals surface area contributed by atoms with Gasteiger partial charge in [-0.2, -0.15) is 0 Å². The first-order valence-corrected chi connectivity index (χ1v) is 8.51. The Balaban J connectivity index is 1.83. The van der Waals surface area contributed by atoms with Gasteiger partial charge in [0, 0.05) is 18.6 Å². The van der Waals surface area contributed by atoms with E-state index in [-0.39, 0.29) is 5.54 Å². The van der Waals surface area contributed by atoms with Gasteiger partial charge in [0.1, 0.15) is 0 Å². The van der Waals surface area contributed by atoms with Crippen molar-refractivity contribution in [2.24, 2.45) is 5.92 Å². The van der Waals surface area contributed by atoms with Crippen LogP contribution in [0.25, 0.3) is 0 Å². The molecule has 2 heteroatoms. The lowest BCUT2D eigenvalue weighted by atomic mass is 9.96. The number of hydrogen-bond acceptors (Lipinski definition) is 2.